The standard InChI is InChI=1S/C14H10BrNO4S/c15-11-5-12(16(18)19)7-13(6-11)20-8-14-4-10(9-21-14)2-1-3-17/h4-7,9,17H,3,8H2. The number of rotatable bonds is 4. The third-order valence-corrected chi connectivity index (χ3v) is 3.78. The summed E-state index contributed by atoms with van der Waals surface area (Å²) in [5.41, 5.74) is 0.785. The maximum absolute atomic E-state index is 10.8. The number of hydrogen-bond donors (Lipinski definition) is 1. The summed E-state index contributed by atoms with van der Waals surface area (Å²) in [5.74, 6) is 5.80. The zero-order valence-corrected chi connectivity index (χ0v) is 13.1. The molecule has 0 saturated heterocycles. The van der Waals surface area contributed by atoms with Crippen LogP contribution >= 0.6 is 27.3 Å². The molecule has 108 valence electrons. The number of benzene rings is 1. The second kappa shape index (κ2) is 7.22. The molecule has 2 rings (SSSR count). The van der Waals surface area contributed by atoms with Gasteiger partial charge in [-0.05, 0) is 12.1 Å². The number of halogens is 1. The fraction of sp³-hybridized carbons (Fsp3) is 0.143. The van der Waals surface area contributed by atoms with Crippen LogP contribution in [0.4, 0.5) is 5.69 Å². The average molecular weight is 368 g/mol. The lowest BCUT2D eigenvalue weighted by atomic mass is 10.3. The fourth-order valence-corrected chi connectivity index (χ4v) is 2.74. The zero-order chi connectivity index (χ0) is 15.2. The molecule has 1 N–H and O–H groups in total. The molecule has 0 radical (unpaired) electrons. The number of nitro benzene ring substituents is 1. The van der Waals surface area contributed by atoms with E-state index in [1.165, 1.54) is 23.5 Å². The van der Waals surface area contributed by atoms with E-state index in [2.05, 4.69) is 27.8 Å². The van der Waals surface area contributed by atoms with Gasteiger partial charge in [0.05, 0.1) is 11.0 Å². The van der Waals surface area contributed by atoms with Crippen molar-refractivity contribution in [3.8, 4) is 17.6 Å². The molecule has 7 heteroatoms. The van der Waals surface area contributed by atoms with Crippen molar-refractivity contribution in [2.75, 3.05) is 6.61 Å². The Labute approximate surface area is 133 Å². The van der Waals surface area contributed by atoms with Crippen molar-refractivity contribution in [2.45, 2.75) is 6.61 Å². The van der Waals surface area contributed by atoms with Gasteiger partial charge < -0.3 is 9.84 Å². The number of aliphatic hydroxyl groups excluding tert-OH is 1. The van der Waals surface area contributed by atoms with Crippen molar-refractivity contribution in [3.63, 3.8) is 0 Å². The maximum atomic E-state index is 10.8. The Bertz CT molecular complexity index is 717. The molecule has 0 amide bonds. The zero-order valence-electron chi connectivity index (χ0n) is 10.7. The third kappa shape index (κ3) is 4.56. The highest BCUT2D eigenvalue weighted by molar-refractivity contribution is 9.10. The third-order valence-electron chi connectivity index (χ3n) is 2.41. The highest BCUT2D eigenvalue weighted by Crippen LogP contribution is 2.27. The lowest BCUT2D eigenvalue weighted by Gasteiger charge is -2.05. The molecule has 0 spiro atoms. The van der Waals surface area contributed by atoms with E-state index in [4.69, 9.17) is 9.84 Å². The van der Waals surface area contributed by atoms with Crippen molar-refractivity contribution < 1.29 is 14.8 Å². The van der Waals surface area contributed by atoms with Gasteiger partial charge in [0.15, 0.2) is 0 Å². The van der Waals surface area contributed by atoms with Gasteiger partial charge in [-0.15, -0.1) is 11.3 Å². The molecular weight excluding hydrogens is 358 g/mol. The summed E-state index contributed by atoms with van der Waals surface area (Å²) >= 11 is 4.70. The van der Waals surface area contributed by atoms with E-state index in [0.29, 0.717) is 16.8 Å². The molecule has 0 aliphatic rings. The van der Waals surface area contributed by atoms with Crippen molar-refractivity contribution in [1.29, 1.82) is 0 Å². The molecule has 0 aliphatic carbocycles. The number of nitrogens with zero attached hydrogens (tertiary/aromatic N) is 1. The fourth-order valence-electron chi connectivity index (χ4n) is 1.55. The van der Waals surface area contributed by atoms with Crippen LogP contribution in [0.5, 0.6) is 5.75 Å². The Hall–Kier alpha value is -1.88. The Morgan fingerprint density at radius 1 is 1.38 bits per heavy atom. The molecule has 0 unspecified atom stereocenters. The quantitative estimate of drug-likeness (QED) is 0.510. The molecule has 1 aromatic carbocycles. The summed E-state index contributed by atoms with van der Waals surface area (Å²) in [6.07, 6.45) is 0. The molecule has 0 aliphatic heterocycles. The summed E-state index contributed by atoms with van der Waals surface area (Å²) < 4.78 is 6.15. The molecule has 2 aromatic rings. The second-order valence-corrected chi connectivity index (χ2v) is 5.86. The molecule has 1 aromatic heterocycles. The van der Waals surface area contributed by atoms with Crippen molar-refractivity contribution in [2.24, 2.45) is 0 Å². The van der Waals surface area contributed by atoms with E-state index < -0.39 is 4.92 Å². The van der Waals surface area contributed by atoms with Crippen molar-refractivity contribution in [1.82, 2.24) is 0 Å². The molecular formula is C14H10BrNO4S. The van der Waals surface area contributed by atoms with E-state index in [9.17, 15) is 10.1 Å². The first-order valence-corrected chi connectivity index (χ1v) is 7.50. The van der Waals surface area contributed by atoms with E-state index in [1.54, 1.807) is 6.07 Å². The van der Waals surface area contributed by atoms with Crippen molar-refractivity contribution in [3.05, 3.63) is 54.7 Å². The molecule has 1 heterocycles. The van der Waals surface area contributed by atoms with Crippen LogP contribution in [-0.4, -0.2) is 16.6 Å². The lowest BCUT2D eigenvalue weighted by Crippen LogP contribution is -1.95. The minimum Gasteiger partial charge on any atom is -0.488 e. The summed E-state index contributed by atoms with van der Waals surface area (Å²) in [6, 6.07) is 6.33. The van der Waals surface area contributed by atoms with Gasteiger partial charge in [0.25, 0.3) is 5.69 Å². The van der Waals surface area contributed by atoms with Gasteiger partial charge in [-0.2, -0.15) is 0 Å². The van der Waals surface area contributed by atoms with Gasteiger partial charge in [0.1, 0.15) is 19.0 Å². The number of aliphatic hydroxyl groups is 1. The summed E-state index contributed by atoms with van der Waals surface area (Å²) in [5, 5.41) is 21.3. The van der Waals surface area contributed by atoms with E-state index in [0.717, 1.165) is 10.4 Å². The predicted octanol–water partition coefficient (Wildman–Crippen LogP) is 3.34. The number of thiophene rings is 1. The first-order chi connectivity index (χ1) is 10.1. The van der Waals surface area contributed by atoms with Gasteiger partial charge in [0.2, 0.25) is 0 Å². The van der Waals surface area contributed by atoms with Gasteiger partial charge in [0, 0.05) is 26.4 Å². The van der Waals surface area contributed by atoms with Gasteiger partial charge >= 0.3 is 0 Å². The molecule has 0 atom stereocenters. The topological polar surface area (TPSA) is 72.6 Å². The van der Waals surface area contributed by atoms with Gasteiger partial charge in [-0.3, -0.25) is 10.1 Å². The average Bonchev–Trinajstić information content (AvgIpc) is 2.90. The Morgan fingerprint density at radius 3 is 2.90 bits per heavy atom. The van der Waals surface area contributed by atoms with E-state index in [-0.39, 0.29) is 12.3 Å². The number of non-ortho nitro benzene ring substituents is 1. The largest absolute Gasteiger partial charge is 0.488 e. The number of ether oxygens (including phenoxy) is 1. The van der Waals surface area contributed by atoms with E-state index in [1.807, 2.05) is 11.4 Å². The first-order valence-electron chi connectivity index (χ1n) is 5.83. The van der Waals surface area contributed by atoms with Crippen molar-refractivity contribution >= 4 is 33.0 Å². The summed E-state index contributed by atoms with van der Waals surface area (Å²) in [4.78, 5) is 11.3. The monoisotopic (exact) mass is 367 g/mol. The normalized spacial score (nSPS) is 9.81. The minimum atomic E-state index is -0.467. The SMILES string of the molecule is O=[N+]([O-])c1cc(Br)cc(OCc2cc(C#CCO)cs2)c1. The molecule has 21 heavy (non-hydrogen) atoms. The Morgan fingerprint density at radius 2 is 2.19 bits per heavy atom. The summed E-state index contributed by atoms with van der Waals surface area (Å²) in [7, 11) is 0. The molecule has 5 nitrogen and oxygen atoms in total. The highest BCUT2D eigenvalue weighted by Gasteiger charge is 2.10. The van der Waals surface area contributed by atoms with Crippen LogP contribution in [0.1, 0.15) is 10.4 Å². The van der Waals surface area contributed by atoms with Gasteiger partial charge in [-0.25, -0.2) is 0 Å². The molecule has 0 saturated carbocycles. The molecule has 0 fully saturated rings. The number of nitro groups is 1. The molecule has 0 bridgehead atoms. The highest BCUT2D eigenvalue weighted by atomic mass is 79.9. The second-order valence-electron chi connectivity index (χ2n) is 3.95. The van der Waals surface area contributed by atoms with E-state index >= 15 is 0 Å². The van der Waals surface area contributed by atoms with Gasteiger partial charge in [-0.1, -0.05) is 27.8 Å². The number of hydrogen-bond acceptors (Lipinski definition) is 5. The lowest BCUT2D eigenvalue weighted by molar-refractivity contribution is -0.385. The summed E-state index contributed by atoms with van der Waals surface area (Å²) in [6.45, 7) is 0.127. The predicted molar refractivity (Wildman–Crippen MR) is 83.4 cm³/mol. The van der Waals surface area contributed by atoms with Crippen LogP contribution in [0.3, 0.4) is 0 Å². The minimum absolute atomic E-state index is 0.0277. The first kappa shape index (κ1) is 15.5. The van der Waals surface area contributed by atoms with Crippen LogP contribution in [0, 0.1) is 22.0 Å². The van der Waals surface area contributed by atoms with Crippen LogP contribution < -0.4 is 4.74 Å². The van der Waals surface area contributed by atoms with Crippen LogP contribution in [0.25, 0.3) is 0 Å². The van der Waals surface area contributed by atoms with Crippen LogP contribution in [0.2, 0.25) is 0 Å². The van der Waals surface area contributed by atoms with Crippen LogP contribution in [-0.2, 0) is 6.61 Å². The van der Waals surface area contributed by atoms with Crippen LogP contribution in [0.15, 0.2) is 34.1 Å². The Kier molecular flexibility index (Phi) is 5.33. The Balaban J connectivity index is 2.06. The smallest absolute Gasteiger partial charge is 0.274 e. The maximum Gasteiger partial charge on any atom is 0.274 e.